The van der Waals surface area contributed by atoms with Gasteiger partial charge in [-0.15, -0.1) is 0 Å². The largest absolute Gasteiger partial charge is 0.399 e. The zero-order valence-corrected chi connectivity index (χ0v) is 26.0. The summed E-state index contributed by atoms with van der Waals surface area (Å²) in [6.07, 6.45) is 2.39. The molecule has 1 N–H and O–H groups in total. The molecule has 11 nitrogen and oxygen atoms in total. The SMILES string of the molecule is C[C@@H](O)c1cc(F)ccc1-n1nccc1Cc1cc(C#N)n(COCC[Si](C)(C)C)n1.O=[N+]([O-])c1ncc(Br)cc1F. The van der Waals surface area contributed by atoms with Crippen LogP contribution in [0.1, 0.15) is 35.7 Å². The Labute approximate surface area is 250 Å². The molecule has 0 saturated carbocycles. The smallest absolute Gasteiger partial charge is 0.389 e. The molecule has 1 atom stereocenters. The van der Waals surface area contributed by atoms with Crippen molar-refractivity contribution in [1.29, 1.82) is 5.26 Å². The van der Waals surface area contributed by atoms with Crippen molar-refractivity contribution in [3.8, 4) is 11.8 Å². The van der Waals surface area contributed by atoms with Crippen LogP contribution in [0.15, 0.2) is 53.3 Å². The van der Waals surface area contributed by atoms with E-state index in [0.717, 1.165) is 17.8 Å². The Hall–Kier alpha value is -3.84. The molecular formula is C27H30BrF2N7O4Si. The van der Waals surface area contributed by atoms with Crippen molar-refractivity contribution in [3.05, 3.63) is 97.7 Å². The van der Waals surface area contributed by atoms with Crippen molar-refractivity contribution in [2.75, 3.05) is 6.61 Å². The quantitative estimate of drug-likeness (QED) is 0.0953. The molecule has 0 unspecified atom stereocenters. The van der Waals surface area contributed by atoms with E-state index >= 15 is 0 Å². The van der Waals surface area contributed by atoms with Gasteiger partial charge in [0.05, 0.1) is 27.7 Å². The Morgan fingerprint density at radius 1 is 1.24 bits per heavy atom. The first-order valence-corrected chi connectivity index (χ1v) is 17.3. The number of ether oxygens (including phenoxy) is 1. The van der Waals surface area contributed by atoms with Crippen LogP contribution in [0, 0.1) is 33.1 Å². The Morgan fingerprint density at radius 3 is 2.60 bits per heavy atom. The number of benzene rings is 1. The number of aromatic nitrogens is 5. The average molecular weight is 663 g/mol. The molecule has 3 heterocycles. The first kappa shape index (κ1) is 32.7. The normalized spacial score (nSPS) is 11.9. The van der Waals surface area contributed by atoms with Gasteiger partial charge in [0.2, 0.25) is 5.82 Å². The van der Waals surface area contributed by atoms with Crippen molar-refractivity contribution in [2.45, 2.75) is 51.9 Å². The van der Waals surface area contributed by atoms with Gasteiger partial charge >= 0.3 is 5.82 Å². The number of hydrogen-bond donors (Lipinski definition) is 1. The van der Waals surface area contributed by atoms with Gasteiger partial charge < -0.3 is 20.0 Å². The lowest BCUT2D eigenvalue weighted by molar-refractivity contribution is -0.392. The van der Waals surface area contributed by atoms with E-state index in [1.807, 2.05) is 6.07 Å². The highest BCUT2D eigenvalue weighted by Crippen LogP contribution is 2.24. The van der Waals surface area contributed by atoms with Crippen molar-refractivity contribution in [1.82, 2.24) is 24.5 Å². The number of aliphatic hydroxyl groups excluding tert-OH is 1. The van der Waals surface area contributed by atoms with Crippen LogP contribution < -0.4 is 0 Å². The zero-order chi connectivity index (χ0) is 31.0. The van der Waals surface area contributed by atoms with Crippen LogP contribution in [0.4, 0.5) is 14.6 Å². The number of halogens is 3. The summed E-state index contributed by atoms with van der Waals surface area (Å²) in [5, 5.41) is 38.4. The highest BCUT2D eigenvalue weighted by molar-refractivity contribution is 9.10. The lowest BCUT2D eigenvalue weighted by Crippen LogP contribution is -2.22. The second-order valence-corrected chi connectivity index (χ2v) is 17.0. The fraction of sp³-hybridized carbons (Fsp3) is 0.333. The minimum Gasteiger partial charge on any atom is -0.389 e. The molecule has 0 aliphatic rings. The fourth-order valence-corrected chi connectivity index (χ4v) is 4.80. The van der Waals surface area contributed by atoms with Crippen molar-refractivity contribution in [3.63, 3.8) is 0 Å². The van der Waals surface area contributed by atoms with Crippen molar-refractivity contribution in [2.24, 2.45) is 0 Å². The Kier molecular flexibility index (Phi) is 11.2. The highest BCUT2D eigenvalue weighted by atomic mass is 79.9. The first-order valence-electron chi connectivity index (χ1n) is 12.8. The molecule has 0 aliphatic carbocycles. The number of pyridine rings is 1. The molecule has 4 aromatic rings. The van der Waals surface area contributed by atoms with Gasteiger partial charge in [-0.3, -0.25) is 0 Å². The molecule has 4 rings (SSSR count). The van der Waals surface area contributed by atoms with Crippen molar-refractivity contribution < 1.29 is 23.5 Å². The molecule has 222 valence electrons. The fourth-order valence-electron chi connectivity index (χ4n) is 3.74. The lowest BCUT2D eigenvalue weighted by Gasteiger charge is -2.15. The minimum atomic E-state index is -1.18. The lowest BCUT2D eigenvalue weighted by atomic mass is 10.1. The summed E-state index contributed by atoms with van der Waals surface area (Å²) >= 11 is 2.92. The molecule has 0 radical (unpaired) electrons. The molecule has 0 amide bonds. The van der Waals surface area contributed by atoms with Crippen LogP contribution in [0.25, 0.3) is 5.69 Å². The summed E-state index contributed by atoms with van der Waals surface area (Å²) in [5.74, 6) is -2.11. The summed E-state index contributed by atoms with van der Waals surface area (Å²) < 4.78 is 35.6. The Bertz CT molecular complexity index is 1580. The maximum absolute atomic E-state index is 13.7. The molecule has 15 heteroatoms. The average Bonchev–Trinajstić information content (AvgIpc) is 3.52. The van der Waals surface area contributed by atoms with Crippen LogP contribution in [0.5, 0.6) is 0 Å². The van der Waals surface area contributed by atoms with Crippen LogP contribution in [0.3, 0.4) is 0 Å². The standard InChI is InChI=1S/C22H28FN5O2Si.C5H2BrFN2O2/c1-16(29)21-11-17(23)5-6-22(21)28-19(7-8-25-28)12-18-13-20(14-24)27(26-18)15-30-9-10-31(2,3)4;6-3-1-4(7)5(8-2-3)9(10)11/h5-8,11,13,16,29H,9-10,12,15H2,1-4H3;1-2H/t16-;/m1./s1. The minimum absolute atomic E-state index is 0.233. The molecule has 0 saturated heterocycles. The summed E-state index contributed by atoms with van der Waals surface area (Å²) in [6.45, 7) is 9.33. The van der Waals surface area contributed by atoms with Gasteiger partial charge in [0.25, 0.3) is 0 Å². The zero-order valence-electron chi connectivity index (χ0n) is 23.5. The van der Waals surface area contributed by atoms with Gasteiger partial charge in [-0.1, -0.05) is 19.6 Å². The number of nitrogens with zero attached hydrogens (tertiary/aromatic N) is 7. The van der Waals surface area contributed by atoms with Gasteiger partial charge in [-0.2, -0.15) is 19.8 Å². The van der Waals surface area contributed by atoms with Gasteiger partial charge in [0, 0.05) is 38.9 Å². The van der Waals surface area contributed by atoms with Gasteiger partial charge in [0.1, 0.15) is 24.3 Å². The third kappa shape index (κ3) is 9.08. The molecular weight excluding hydrogens is 632 g/mol. The highest BCUT2D eigenvalue weighted by Gasteiger charge is 2.17. The predicted molar refractivity (Wildman–Crippen MR) is 157 cm³/mol. The van der Waals surface area contributed by atoms with E-state index in [9.17, 15) is 29.3 Å². The molecule has 3 aromatic heterocycles. The summed E-state index contributed by atoms with van der Waals surface area (Å²) in [6, 6.07) is 12.0. The third-order valence-electron chi connectivity index (χ3n) is 5.87. The van der Waals surface area contributed by atoms with Gasteiger partial charge in [-0.25, -0.2) is 13.8 Å². The number of rotatable bonds is 10. The van der Waals surface area contributed by atoms with Crippen LogP contribution in [-0.4, -0.2) is 49.3 Å². The van der Waals surface area contributed by atoms with E-state index in [4.69, 9.17) is 4.74 Å². The van der Waals surface area contributed by atoms with E-state index in [-0.39, 0.29) is 6.73 Å². The molecule has 0 bridgehead atoms. The number of nitro groups is 1. The monoisotopic (exact) mass is 661 g/mol. The molecule has 0 aliphatic heterocycles. The Balaban J connectivity index is 0.000000369. The number of aliphatic hydroxyl groups is 1. The summed E-state index contributed by atoms with van der Waals surface area (Å²) in [5.41, 5.74) is 2.99. The topological polar surface area (TPSA) is 145 Å². The molecule has 1 aromatic carbocycles. The second-order valence-electron chi connectivity index (χ2n) is 10.5. The third-order valence-corrected chi connectivity index (χ3v) is 8.01. The maximum Gasteiger partial charge on any atom is 0.399 e. The number of hydrogen-bond acceptors (Lipinski definition) is 8. The maximum atomic E-state index is 13.7. The van der Waals surface area contributed by atoms with Gasteiger partial charge in [0.15, 0.2) is 6.20 Å². The Morgan fingerprint density at radius 2 is 1.98 bits per heavy atom. The van der Waals surface area contributed by atoms with Crippen LogP contribution >= 0.6 is 15.9 Å². The van der Waals surface area contributed by atoms with Crippen LogP contribution in [0.2, 0.25) is 25.7 Å². The van der Waals surface area contributed by atoms with Crippen LogP contribution in [-0.2, 0) is 17.9 Å². The first-order chi connectivity index (χ1) is 19.8. The van der Waals surface area contributed by atoms with E-state index in [0.29, 0.717) is 40.1 Å². The molecule has 0 spiro atoms. The predicted octanol–water partition coefficient (Wildman–Crippen LogP) is 5.93. The van der Waals surface area contributed by atoms with E-state index in [2.05, 4.69) is 56.8 Å². The summed E-state index contributed by atoms with van der Waals surface area (Å²) in [7, 11) is -1.18. The van der Waals surface area contributed by atoms with E-state index in [1.165, 1.54) is 18.3 Å². The molecule has 42 heavy (non-hydrogen) atoms. The van der Waals surface area contributed by atoms with E-state index in [1.54, 1.807) is 34.6 Å². The second kappa shape index (κ2) is 14.4. The summed E-state index contributed by atoms with van der Waals surface area (Å²) in [4.78, 5) is 12.4. The van der Waals surface area contributed by atoms with Crippen molar-refractivity contribution >= 4 is 29.8 Å². The number of nitriles is 1. The van der Waals surface area contributed by atoms with E-state index < -0.39 is 36.6 Å². The molecule has 0 fully saturated rings. The van der Waals surface area contributed by atoms with Gasteiger partial charge in [-0.05, 0) is 69.1 Å².